The Kier molecular flexibility index (Phi) is 3.95. The molecule has 0 spiro atoms. The predicted molar refractivity (Wildman–Crippen MR) is 75.6 cm³/mol. The molecule has 0 atom stereocenters. The van der Waals surface area contributed by atoms with Crippen molar-refractivity contribution in [2.45, 2.75) is 12.6 Å². The largest absolute Gasteiger partial charge is 0.450 e. The van der Waals surface area contributed by atoms with Gasteiger partial charge in [-0.1, -0.05) is 5.16 Å². The minimum Gasteiger partial charge on any atom is -0.333 e. The summed E-state index contributed by atoms with van der Waals surface area (Å²) in [7, 11) is 0. The summed E-state index contributed by atoms with van der Waals surface area (Å²) in [6.07, 6.45) is -2.36. The fourth-order valence-corrected chi connectivity index (χ4v) is 2.72. The lowest BCUT2D eigenvalue weighted by Gasteiger charge is -2.02. The van der Waals surface area contributed by atoms with E-state index in [1.54, 1.807) is 30.6 Å². The summed E-state index contributed by atoms with van der Waals surface area (Å²) >= 11 is 1.01. The maximum atomic E-state index is 12.3. The second kappa shape index (κ2) is 5.92. The van der Waals surface area contributed by atoms with E-state index in [1.165, 1.54) is 6.07 Å². The van der Waals surface area contributed by atoms with E-state index in [0.29, 0.717) is 16.3 Å². The lowest BCUT2D eigenvalue weighted by molar-refractivity contribution is -0.170. The van der Waals surface area contributed by atoms with Gasteiger partial charge in [-0.15, -0.1) is 11.3 Å². The van der Waals surface area contributed by atoms with E-state index in [0.717, 1.165) is 11.3 Å². The molecule has 0 radical (unpaired) electrons. The van der Waals surface area contributed by atoms with Gasteiger partial charge in [0.15, 0.2) is 0 Å². The van der Waals surface area contributed by atoms with Gasteiger partial charge in [0.2, 0.25) is 11.6 Å². The molecule has 0 saturated heterocycles. The molecule has 3 rings (SSSR count). The third-order valence-corrected chi connectivity index (χ3v) is 3.96. The molecule has 9 heteroatoms. The molecule has 0 aliphatic heterocycles. The van der Waals surface area contributed by atoms with Gasteiger partial charge in [-0.3, -0.25) is 9.78 Å². The first kappa shape index (κ1) is 15.3. The van der Waals surface area contributed by atoms with Gasteiger partial charge in [0.25, 0.3) is 5.89 Å². The molecule has 0 fully saturated rings. The summed E-state index contributed by atoms with van der Waals surface area (Å²) in [5.41, 5.74) is 0.707. The summed E-state index contributed by atoms with van der Waals surface area (Å²) in [5.74, 6) is -1.25. The fraction of sp³-hybridized carbons (Fsp3) is 0.143. The van der Waals surface area contributed by atoms with Crippen molar-refractivity contribution in [2.75, 3.05) is 0 Å². The smallest absolute Gasteiger partial charge is 0.333 e. The molecule has 3 aromatic rings. The number of rotatable bonds is 4. The van der Waals surface area contributed by atoms with Crippen molar-refractivity contribution in [1.82, 2.24) is 15.1 Å². The molecule has 5 nitrogen and oxygen atoms in total. The molecule has 3 heterocycles. The van der Waals surface area contributed by atoms with Crippen LogP contribution >= 0.6 is 11.3 Å². The van der Waals surface area contributed by atoms with E-state index < -0.39 is 18.4 Å². The van der Waals surface area contributed by atoms with Crippen LogP contribution in [0.15, 0.2) is 41.2 Å². The van der Waals surface area contributed by atoms with Gasteiger partial charge in [-0.2, -0.15) is 18.2 Å². The van der Waals surface area contributed by atoms with Gasteiger partial charge in [-0.25, -0.2) is 0 Å². The van der Waals surface area contributed by atoms with Gasteiger partial charge in [0.05, 0.1) is 11.3 Å². The van der Waals surface area contributed by atoms with Crippen LogP contribution in [0.3, 0.4) is 0 Å². The molecular formula is C14H8F3N3O2S. The van der Waals surface area contributed by atoms with Crippen LogP contribution in [-0.2, 0) is 11.2 Å². The number of carbonyl (C=O) groups is 1. The highest BCUT2D eigenvalue weighted by molar-refractivity contribution is 7.15. The van der Waals surface area contributed by atoms with Crippen molar-refractivity contribution < 1.29 is 22.5 Å². The second-order valence-corrected chi connectivity index (χ2v) is 5.69. The average molecular weight is 339 g/mol. The lowest BCUT2D eigenvalue weighted by Crippen LogP contribution is -2.24. The summed E-state index contributed by atoms with van der Waals surface area (Å²) in [5, 5.41) is 3.82. The highest BCUT2D eigenvalue weighted by Gasteiger charge is 2.38. The lowest BCUT2D eigenvalue weighted by atomic mass is 10.2. The number of aromatic nitrogens is 3. The fourth-order valence-electron chi connectivity index (χ4n) is 1.79. The van der Waals surface area contributed by atoms with Crippen LogP contribution in [0.5, 0.6) is 0 Å². The Hall–Kier alpha value is -2.55. The van der Waals surface area contributed by atoms with Crippen molar-refractivity contribution >= 4 is 17.1 Å². The standard InChI is InChI=1S/C14H8F3N3O2S/c15-14(16,17)11(21)7-9-1-2-10(23-9)13-19-12(20-22-13)8-3-5-18-6-4-8/h1-6H,7H2. The number of pyridine rings is 1. The first-order chi connectivity index (χ1) is 10.9. The predicted octanol–water partition coefficient (Wildman–Crippen LogP) is 3.53. The Morgan fingerprint density at radius 2 is 1.91 bits per heavy atom. The Bertz CT molecular complexity index is 827. The zero-order valence-corrected chi connectivity index (χ0v) is 12.2. The maximum absolute atomic E-state index is 12.3. The van der Waals surface area contributed by atoms with Crippen molar-refractivity contribution in [3.05, 3.63) is 41.5 Å². The first-order valence-electron chi connectivity index (χ1n) is 6.37. The molecule has 0 unspecified atom stereocenters. The molecular weight excluding hydrogens is 331 g/mol. The Morgan fingerprint density at radius 3 is 2.61 bits per heavy atom. The number of ketones is 1. The van der Waals surface area contributed by atoms with Gasteiger partial charge in [-0.05, 0) is 24.3 Å². The molecule has 0 aromatic carbocycles. The third-order valence-electron chi connectivity index (χ3n) is 2.89. The zero-order chi connectivity index (χ0) is 16.4. The number of nitrogens with zero attached hydrogens (tertiary/aromatic N) is 3. The van der Waals surface area contributed by atoms with E-state index in [4.69, 9.17) is 4.52 Å². The minimum atomic E-state index is -4.83. The number of carbonyl (C=O) groups excluding carboxylic acids is 1. The van der Waals surface area contributed by atoms with Crippen LogP contribution in [0.2, 0.25) is 0 Å². The van der Waals surface area contributed by atoms with Gasteiger partial charge in [0, 0.05) is 22.8 Å². The van der Waals surface area contributed by atoms with E-state index in [1.807, 2.05) is 0 Å². The zero-order valence-electron chi connectivity index (χ0n) is 11.4. The van der Waals surface area contributed by atoms with E-state index in [2.05, 4.69) is 15.1 Å². The Balaban J connectivity index is 1.79. The quantitative estimate of drug-likeness (QED) is 0.727. The molecule has 3 aromatic heterocycles. The van der Waals surface area contributed by atoms with Gasteiger partial charge >= 0.3 is 6.18 Å². The van der Waals surface area contributed by atoms with Crippen LogP contribution in [0.1, 0.15) is 4.88 Å². The Morgan fingerprint density at radius 1 is 1.17 bits per heavy atom. The van der Waals surface area contributed by atoms with Crippen molar-refractivity contribution in [3.8, 4) is 22.2 Å². The number of hydrogen-bond acceptors (Lipinski definition) is 6. The molecule has 0 aliphatic carbocycles. The van der Waals surface area contributed by atoms with E-state index >= 15 is 0 Å². The first-order valence-corrected chi connectivity index (χ1v) is 7.18. The van der Waals surface area contributed by atoms with Crippen LogP contribution < -0.4 is 0 Å². The van der Waals surface area contributed by atoms with Crippen LogP contribution in [0, 0.1) is 0 Å². The monoisotopic (exact) mass is 339 g/mol. The molecule has 118 valence electrons. The number of alkyl halides is 3. The van der Waals surface area contributed by atoms with Gasteiger partial charge < -0.3 is 4.52 Å². The van der Waals surface area contributed by atoms with Crippen LogP contribution in [-0.4, -0.2) is 27.1 Å². The number of Topliss-reactive ketones (excluding diaryl/α,β-unsaturated/α-hetero) is 1. The van der Waals surface area contributed by atoms with E-state index in [-0.39, 0.29) is 10.8 Å². The molecule has 0 saturated carbocycles. The number of halogens is 3. The SMILES string of the molecule is O=C(Cc1ccc(-c2nc(-c3ccncc3)no2)s1)C(F)(F)F. The Labute approximate surface area is 131 Å². The van der Waals surface area contributed by atoms with Crippen LogP contribution in [0.4, 0.5) is 13.2 Å². The molecule has 0 amide bonds. The highest BCUT2D eigenvalue weighted by atomic mass is 32.1. The highest BCUT2D eigenvalue weighted by Crippen LogP contribution is 2.30. The number of hydrogen-bond donors (Lipinski definition) is 0. The average Bonchev–Trinajstić information content (AvgIpc) is 3.16. The molecule has 23 heavy (non-hydrogen) atoms. The summed E-state index contributed by atoms with van der Waals surface area (Å²) in [4.78, 5) is 19.8. The minimum absolute atomic E-state index is 0.188. The van der Waals surface area contributed by atoms with Crippen molar-refractivity contribution in [1.29, 1.82) is 0 Å². The van der Waals surface area contributed by atoms with Gasteiger partial charge in [0.1, 0.15) is 0 Å². The van der Waals surface area contributed by atoms with Crippen LogP contribution in [0.25, 0.3) is 22.2 Å². The van der Waals surface area contributed by atoms with Crippen molar-refractivity contribution in [2.24, 2.45) is 0 Å². The summed E-state index contributed by atoms with van der Waals surface area (Å²) in [6.45, 7) is 0. The molecule has 0 aliphatic rings. The van der Waals surface area contributed by atoms with E-state index in [9.17, 15) is 18.0 Å². The summed E-state index contributed by atoms with van der Waals surface area (Å²) in [6, 6.07) is 6.40. The number of thiophene rings is 1. The third kappa shape index (κ3) is 3.45. The normalized spacial score (nSPS) is 11.6. The molecule has 0 N–H and O–H groups in total. The van der Waals surface area contributed by atoms with Crippen molar-refractivity contribution in [3.63, 3.8) is 0 Å². The summed E-state index contributed by atoms with van der Waals surface area (Å²) < 4.78 is 41.9. The second-order valence-electron chi connectivity index (χ2n) is 4.52. The maximum Gasteiger partial charge on any atom is 0.450 e. The molecule has 0 bridgehead atoms. The topological polar surface area (TPSA) is 68.9 Å².